The third kappa shape index (κ3) is 3.90. The van der Waals surface area contributed by atoms with Crippen LogP contribution in [0, 0.1) is 0 Å². The van der Waals surface area contributed by atoms with Gasteiger partial charge in [-0.15, -0.1) is 0 Å². The fourth-order valence-electron chi connectivity index (χ4n) is 2.24. The Bertz CT molecular complexity index is 472. The Kier molecular flexibility index (Phi) is 5.31. The van der Waals surface area contributed by atoms with E-state index in [1.807, 2.05) is 13.8 Å². The van der Waals surface area contributed by atoms with Crippen molar-refractivity contribution in [1.29, 1.82) is 0 Å². The summed E-state index contributed by atoms with van der Waals surface area (Å²) in [5.74, 6) is 0.584. The fraction of sp³-hybridized carbons (Fsp3) is 0.643. The Balaban J connectivity index is 1.92. The second kappa shape index (κ2) is 6.99. The van der Waals surface area contributed by atoms with Crippen molar-refractivity contribution in [1.82, 2.24) is 20.2 Å². The summed E-state index contributed by atoms with van der Waals surface area (Å²) in [5.41, 5.74) is 0.270. The monoisotopic (exact) mass is 296 g/mol. The second-order valence-electron chi connectivity index (χ2n) is 5.38. The number of nitrogens with one attached hydrogen (secondary N) is 1. The lowest BCUT2D eigenvalue weighted by atomic mass is 10.2. The zero-order valence-electron chi connectivity index (χ0n) is 12.0. The molecule has 1 aromatic heterocycles. The van der Waals surface area contributed by atoms with Gasteiger partial charge in [0.15, 0.2) is 0 Å². The molecule has 0 aliphatic carbocycles. The molecule has 0 radical (unpaired) electrons. The van der Waals surface area contributed by atoms with E-state index in [0.717, 1.165) is 19.6 Å². The van der Waals surface area contributed by atoms with Crippen LogP contribution in [-0.4, -0.2) is 47.0 Å². The Morgan fingerprint density at radius 1 is 1.45 bits per heavy atom. The van der Waals surface area contributed by atoms with Gasteiger partial charge < -0.3 is 10.2 Å². The van der Waals surface area contributed by atoms with E-state index in [2.05, 4.69) is 20.2 Å². The molecule has 1 fully saturated rings. The second-order valence-corrected chi connectivity index (χ2v) is 5.79. The minimum Gasteiger partial charge on any atom is -0.349 e. The number of carbonyl (C=O) groups is 1. The predicted octanol–water partition coefficient (Wildman–Crippen LogP) is 2.08. The van der Waals surface area contributed by atoms with E-state index in [4.69, 9.17) is 11.6 Å². The minimum atomic E-state index is -0.224. The average Bonchev–Trinajstić information content (AvgIpc) is 2.92. The molecule has 1 saturated heterocycles. The van der Waals surface area contributed by atoms with E-state index >= 15 is 0 Å². The maximum absolute atomic E-state index is 12.1. The summed E-state index contributed by atoms with van der Waals surface area (Å²) in [7, 11) is 0. The van der Waals surface area contributed by atoms with E-state index in [1.54, 1.807) is 0 Å². The number of likely N-dealkylation sites (tertiary alicyclic amines) is 1. The molecule has 0 aromatic carbocycles. The molecule has 1 N–H and O–H groups in total. The molecule has 1 amide bonds. The number of hydrogen-bond donors (Lipinski definition) is 1. The minimum absolute atomic E-state index is 0.170. The van der Waals surface area contributed by atoms with Crippen LogP contribution in [0.4, 0.5) is 0 Å². The van der Waals surface area contributed by atoms with E-state index in [-0.39, 0.29) is 17.5 Å². The normalized spacial score (nSPS) is 15.8. The molecule has 1 aliphatic rings. The maximum atomic E-state index is 12.1. The van der Waals surface area contributed by atoms with E-state index in [1.165, 1.54) is 19.0 Å². The van der Waals surface area contributed by atoms with Crippen molar-refractivity contribution in [3.63, 3.8) is 0 Å². The fourth-order valence-corrected chi connectivity index (χ4v) is 2.41. The zero-order valence-corrected chi connectivity index (χ0v) is 12.8. The van der Waals surface area contributed by atoms with Crippen molar-refractivity contribution < 1.29 is 4.79 Å². The van der Waals surface area contributed by atoms with Gasteiger partial charge in [-0.05, 0) is 25.9 Å². The van der Waals surface area contributed by atoms with E-state index in [0.29, 0.717) is 17.4 Å². The van der Waals surface area contributed by atoms with Crippen molar-refractivity contribution in [3.8, 4) is 0 Å². The first-order chi connectivity index (χ1) is 9.58. The highest BCUT2D eigenvalue weighted by Crippen LogP contribution is 2.16. The van der Waals surface area contributed by atoms with Crippen molar-refractivity contribution in [2.24, 2.45) is 0 Å². The molecule has 0 bridgehead atoms. The Morgan fingerprint density at radius 3 is 2.80 bits per heavy atom. The van der Waals surface area contributed by atoms with Crippen LogP contribution in [-0.2, 0) is 0 Å². The molecule has 0 spiro atoms. The van der Waals surface area contributed by atoms with Gasteiger partial charge in [0.1, 0.15) is 11.5 Å². The lowest BCUT2D eigenvalue weighted by Crippen LogP contribution is -2.34. The Labute approximate surface area is 124 Å². The first-order valence-electron chi connectivity index (χ1n) is 7.11. The molecular formula is C14H21ClN4O. The summed E-state index contributed by atoms with van der Waals surface area (Å²) in [6.45, 7) is 7.72. The predicted molar refractivity (Wildman–Crippen MR) is 79.1 cm³/mol. The third-order valence-electron chi connectivity index (χ3n) is 3.41. The van der Waals surface area contributed by atoms with Crippen LogP contribution in [0.15, 0.2) is 6.20 Å². The van der Waals surface area contributed by atoms with Crippen LogP contribution in [0.1, 0.15) is 48.9 Å². The standard InChI is InChI=1S/C14H21ClN4O/c1-10(2)13-17-9-11(15)12(18-13)14(20)16-5-8-19-6-3-4-7-19/h9-10H,3-8H2,1-2H3,(H,16,20). The number of hydrogen-bond acceptors (Lipinski definition) is 4. The lowest BCUT2D eigenvalue weighted by molar-refractivity contribution is 0.0944. The molecule has 110 valence electrons. The van der Waals surface area contributed by atoms with Gasteiger partial charge >= 0.3 is 0 Å². The molecule has 1 aromatic rings. The van der Waals surface area contributed by atoms with Gasteiger partial charge in [0.25, 0.3) is 5.91 Å². The van der Waals surface area contributed by atoms with Crippen molar-refractivity contribution in [3.05, 3.63) is 22.7 Å². The molecular weight excluding hydrogens is 276 g/mol. The van der Waals surface area contributed by atoms with Crippen LogP contribution in [0.2, 0.25) is 5.02 Å². The van der Waals surface area contributed by atoms with Crippen LogP contribution in [0.3, 0.4) is 0 Å². The smallest absolute Gasteiger partial charge is 0.271 e. The van der Waals surface area contributed by atoms with Gasteiger partial charge in [0.2, 0.25) is 0 Å². The Hall–Kier alpha value is -1.20. The van der Waals surface area contributed by atoms with Crippen molar-refractivity contribution in [2.45, 2.75) is 32.6 Å². The largest absolute Gasteiger partial charge is 0.349 e. The highest BCUT2D eigenvalue weighted by Gasteiger charge is 2.16. The summed E-state index contributed by atoms with van der Waals surface area (Å²) in [6.07, 6.45) is 4.01. The highest BCUT2D eigenvalue weighted by atomic mass is 35.5. The number of carbonyl (C=O) groups excluding carboxylic acids is 1. The summed E-state index contributed by atoms with van der Waals surface area (Å²) in [4.78, 5) is 22.8. The SMILES string of the molecule is CC(C)c1ncc(Cl)c(C(=O)NCCN2CCCC2)n1. The van der Waals surface area contributed by atoms with E-state index in [9.17, 15) is 4.79 Å². The average molecular weight is 297 g/mol. The van der Waals surface area contributed by atoms with Gasteiger partial charge in [-0.25, -0.2) is 9.97 Å². The lowest BCUT2D eigenvalue weighted by Gasteiger charge is -2.15. The molecule has 1 aliphatic heterocycles. The molecule has 0 unspecified atom stereocenters. The summed E-state index contributed by atoms with van der Waals surface area (Å²) in [5, 5.41) is 3.18. The molecule has 0 atom stereocenters. The molecule has 20 heavy (non-hydrogen) atoms. The first kappa shape index (κ1) is 15.2. The van der Waals surface area contributed by atoms with E-state index < -0.39 is 0 Å². The maximum Gasteiger partial charge on any atom is 0.271 e. The number of aromatic nitrogens is 2. The highest BCUT2D eigenvalue weighted by molar-refractivity contribution is 6.33. The number of amides is 1. The van der Waals surface area contributed by atoms with Crippen molar-refractivity contribution in [2.75, 3.05) is 26.2 Å². The first-order valence-corrected chi connectivity index (χ1v) is 7.48. The summed E-state index contributed by atoms with van der Waals surface area (Å²) in [6, 6.07) is 0. The van der Waals surface area contributed by atoms with Crippen LogP contribution in [0.5, 0.6) is 0 Å². The van der Waals surface area contributed by atoms with Crippen LogP contribution in [0.25, 0.3) is 0 Å². The topological polar surface area (TPSA) is 58.1 Å². The summed E-state index contributed by atoms with van der Waals surface area (Å²) >= 11 is 6.01. The van der Waals surface area contributed by atoms with Crippen molar-refractivity contribution >= 4 is 17.5 Å². The Morgan fingerprint density at radius 2 is 2.15 bits per heavy atom. The summed E-state index contributed by atoms with van der Waals surface area (Å²) < 4.78 is 0. The molecule has 2 heterocycles. The van der Waals surface area contributed by atoms with Crippen LogP contribution >= 0.6 is 11.6 Å². The number of nitrogens with zero attached hydrogens (tertiary/aromatic N) is 3. The van der Waals surface area contributed by atoms with Gasteiger partial charge in [0.05, 0.1) is 11.2 Å². The third-order valence-corrected chi connectivity index (χ3v) is 3.68. The quantitative estimate of drug-likeness (QED) is 0.904. The number of halogens is 1. The molecule has 6 heteroatoms. The zero-order chi connectivity index (χ0) is 14.5. The molecule has 5 nitrogen and oxygen atoms in total. The van der Waals surface area contributed by atoms with Gasteiger partial charge in [-0.1, -0.05) is 25.4 Å². The van der Waals surface area contributed by atoms with Gasteiger partial charge in [-0.3, -0.25) is 4.79 Å². The van der Waals surface area contributed by atoms with Gasteiger partial charge in [-0.2, -0.15) is 0 Å². The molecule has 0 saturated carbocycles. The van der Waals surface area contributed by atoms with Gasteiger partial charge in [0, 0.05) is 19.0 Å². The molecule has 2 rings (SSSR count). The number of rotatable bonds is 5. The van der Waals surface area contributed by atoms with Crippen LogP contribution < -0.4 is 5.32 Å².